The zero-order chi connectivity index (χ0) is 29.7. The van der Waals surface area contributed by atoms with Crippen molar-refractivity contribution in [3.63, 3.8) is 0 Å². The van der Waals surface area contributed by atoms with Crippen LogP contribution in [-0.2, 0) is 20.8 Å². The molecule has 0 N–H and O–H groups in total. The van der Waals surface area contributed by atoms with Gasteiger partial charge in [0.25, 0.3) is 0 Å². The monoisotopic (exact) mass is 762 g/mol. The Morgan fingerprint density at radius 2 is 1.34 bits per heavy atom. The van der Waals surface area contributed by atoms with Crippen molar-refractivity contribution in [1.29, 1.82) is 0 Å². The van der Waals surface area contributed by atoms with Crippen LogP contribution in [0, 0.1) is 44.4 Å². The zero-order valence-corrected chi connectivity index (χ0v) is 36.1. The molecule has 0 saturated heterocycles. The molecule has 2 aromatic carbocycles. The minimum absolute atomic E-state index is 0. The van der Waals surface area contributed by atoms with Gasteiger partial charge in [0.1, 0.15) is 0 Å². The average molecular weight is 765 g/mol. The van der Waals surface area contributed by atoms with E-state index in [2.05, 4.69) is 87.2 Å². The van der Waals surface area contributed by atoms with Gasteiger partial charge in [-0.25, -0.2) is 0 Å². The second kappa shape index (κ2) is 18.4. The van der Waals surface area contributed by atoms with E-state index in [0.717, 1.165) is 46.2 Å². The van der Waals surface area contributed by atoms with Gasteiger partial charge in [-0.05, 0) is 52.6 Å². The number of halogens is 2. The van der Waals surface area contributed by atoms with Crippen LogP contribution in [0.4, 0.5) is 0 Å². The number of hydrogen-bond donors (Lipinski definition) is 0. The maximum atomic E-state index is 4.93. The van der Waals surface area contributed by atoms with Crippen LogP contribution in [0.2, 0.25) is 36.3 Å². The van der Waals surface area contributed by atoms with Gasteiger partial charge in [0, 0.05) is 8.07 Å². The molecule has 0 bridgehead atoms. The summed E-state index contributed by atoms with van der Waals surface area (Å²) in [6.45, 7) is 10.6. The van der Waals surface area contributed by atoms with Crippen LogP contribution >= 0.6 is 17.0 Å². The molecule has 244 valence electrons. The molecule has 0 heterocycles. The molecule has 44 heavy (non-hydrogen) atoms. The molecule has 4 fully saturated rings. The summed E-state index contributed by atoms with van der Waals surface area (Å²) < 4.78 is 0. The van der Waals surface area contributed by atoms with Crippen LogP contribution in [0.25, 0.3) is 0 Å². The Balaban J connectivity index is 0.00000102. The van der Waals surface area contributed by atoms with Gasteiger partial charge in [0.2, 0.25) is 0 Å². The van der Waals surface area contributed by atoms with Gasteiger partial charge in [-0.3, -0.25) is 0 Å². The Hall–Kier alpha value is 0.554. The quantitative estimate of drug-likeness (QED) is 0.176. The number of fused-ring (bicyclic) bond motifs is 2. The van der Waals surface area contributed by atoms with Crippen LogP contribution < -0.4 is 10.4 Å². The van der Waals surface area contributed by atoms with Crippen LogP contribution in [0.1, 0.15) is 84.0 Å². The van der Waals surface area contributed by atoms with Crippen LogP contribution in [0.5, 0.6) is 0 Å². The third-order valence-electron chi connectivity index (χ3n) is 12.4. The third kappa shape index (κ3) is 8.96. The van der Waals surface area contributed by atoms with Gasteiger partial charge in [-0.2, -0.15) is 0 Å². The summed E-state index contributed by atoms with van der Waals surface area (Å²) in [6.07, 6.45) is 18.3. The fourth-order valence-corrected chi connectivity index (χ4v) is 31.4. The summed E-state index contributed by atoms with van der Waals surface area (Å²) in [7, 11) is 6.41. The van der Waals surface area contributed by atoms with E-state index < -0.39 is 45.6 Å². The molecule has 6 rings (SSSR count). The summed E-state index contributed by atoms with van der Waals surface area (Å²) >= 11 is -0.826. The maximum absolute atomic E-state index is 4.93. The summed E-state index contributed by atoms with van der Waals surface area (Å²) in [5.74, 6) is 5.28. The summed E-state index contributed by atoms with van der Waals surface area (Å²) in [6, 6.07) is 24.6. The zero-order valence-electron chi connectivity index (χ0n) is 28.8. The van der Waals surface area contributed by atoms with E-state index in [9.17, 15) is 0 Å². The molecule has 4 aliphatic rings. The Bertz CT molecular complexity index is 1080. The molecule has 2 aromatic rings. The van der Waals surface area contributed by atoms with Crippen LogP contribution in [0.3, 0.4) is 0 Å². The molecule has 4 aliphatic carbocycles. The number of hydrogen-bond acceptors (Lipinski definition) is 0. The van der Waals surface area contributed by atoms with E-state index in [-0.39, 0.29) is 14.9 Å². The molecule has 0 nitrogen and oxygen atoms in total. The van der Waals surface area contributed by atoms with E-state index in [1.807, 2.05) is 10.4 Å². The number of benzene rings is 2. The van der Waals surface area contributed by atoms with Crippen molar-refractivity contribution in [1.82, 2.24) is 0 Å². The Morgan fingerprint density at radius 3 is 1.93 bits per heavy atom. The second-order valence-corrected chi connectivity index (χ2v) is 34.3. The van der Waals surface area contributed by atoms with Crippen molar-refractivity contribution in [3.05, 3.63) is 75.5 Å². The van der Waals surface area contributed by atoms with Crippen LogP contribution in [0.15, 0.2) is 60.7 Å². The molecular formula is C38H62Cl2Si3Zr. The molecule has 0 radical (unpaired) electrons. The second-order valence-electron chi connectivity index (χ2n) is 15.6. The van der Waals surface area contributed by atoms with Crippen molar-refractivity contribution in [2.45, 2.75) is 120 Å². The third-order valence-corrected chi connectivity index (χ3v) is 29.5. The van der Waals surface area contributed by atoms with Crippen molar-refractivity contribution in [3.8, 4) is 0 Å². The minimum atomic E-state index is -1.18. The molecule has 10 atom stereocenters. The van der Waals surface area contributed by atoms with E-state index in [4.69, 9.17) is 17.0 Å². The summed E-state index contributed by atoms with van der Waals surface area (Å²) in [4.78, 5) is 0. The van der Waals surface area contributed by atoms with Gasteiger partial charge in [0.15, 0.2) is 0 Å². The first kappa shape index (κ1) is 39.0. The Morgan fingerprint density at radius 1 is 0.727 bits per heavy atom. The normalized spacial score (nSPS) is 32.0. The van der Waals surface area contributed by atoms with Gasteiger partial charge < -0.3 is 14.9 Å². The first-order valence-corrected chi connectivity index (χ1v) is 32.5. The van der Waals surface area contributed by atoms with Gasteiger partial charge >= 0.3 is 37.9 Å². The summed E-state index contributed by atoms with van der Waals surface area (Å²) in [5.41, 5.74) is 3.20. The molecule has 0 spiro atoms. The van der Waals surface area contributed by atoms with E-state index in [0.29, 0.717) is 0 Å². The van der Waals surface area contributed by atoms with Gasteiger partial charge in [-0.15, -0.1) is 0 Å². The average Bonchev–Trinajstić information content (AvgIpc) is 3.74. The van der Waals surface area contributed by atoms with Crippen molar-refractivity contribution >= 4 is 52.1 Å². The van der Waals surface area contributed by atoms with Gasteiger partial charge in [0.05, 0.1) is 16.6 Å². The fourth-order valence-electron chi connectivity index (χ4n) is 11.2. The predicted molar refractivity (Wildman–Crippen MR) is 204 cm³/mol. The fraction of sp³-hybridized carbons (Fsp3) is 0.632. The van der Waals surface area contributed by atoms with Gasteiger partial charge in [-0.1, -0.05) is 168 Å². The molecular weight excluding hydrogens is 703 g/mol. The van der Waals surface area contributed by atoms with E-state index in [1.54, 1.807) is 44.9 Å². The van der Waals surface area contributed by atoms with E-state index in [1.165, 1.54) is 32.1 Å². The molecule has 0 aliphatic heterocycles. The molecule has 4 saturated carbocycles. The van der Waals surface area contributed by atoms with Crippen molar-refractivity contribution in [2.24, 2.45) is 29.6 Å². The topological polar surface area (TPSA) is 0 Å². The molecule has 0 amide bonds. The number of rotatable bonds is 9. The van der Waals surface area contributed by atoms with Crippen molar-refractivity contribution in [2.75, 3.05) is 0 Å². The SMILES string of the molecule is CCCCC1CCC([SiH](c2ccccc2)[SiH](c2ccccc2)C2CCC3C2CC2CCCC2C3[Si](C)(C)C)C1.[CH3-].[CH3-].[Cl][Zr+2][Cl]. The first-order chi connectivity index (χ1) is 20.4. The molecule has 10 unspecified atom stereocenters. The van der Waals surface area contributed by atoms with Crippen molar-refractivity contribution < 1.29 is 20.8 Å². The van der Waals surface area contributed by atoms with Crippen LogP contribution in [-0.4, -0.2) is 24.7 Å². The first-order valence-electron chi connectivity index (χ1n) is 17.4. The van der Waals surface area contributed by atoms with E-state index >= 15 is 0 Å². The Labute approximate surface area is 296 Å². The summed E-state index contributed by atoms with van der Waals surface area (Å²) in [5, 5.41) is 3.71. The standard InChI is InChI=1S/C36H56Si3.2CH3.2ClH.Zr/c1-5-6-14-27-21-22-31(25-27)37(29-16-9-7-10-17-29)38(30-18-11-8-12-19-30)35-24-23-33-34(35)26-28-15-13-20-32(28)36(33)39(2,3)4;;;;;/h7-12,16-19,27-28,31-38H,5-6,13-15,20-26H2,1-4H3;2*1H3;2*1H;/q;2*-1;;;+4/p-2. The Kier molecular flexibility index (Phi) is 16.3. The number of unbranched alkanes of at least 4 members (excludes halogenated alkanes) is 1. The molecule has 0 aromatic heterocycles. The predicted octanol–water partition coefficient (Wildman–Crippen LogP) is 10.9. The molecule has 6 heteroatoms.